The van der Waals surface area contributed by atoms with Crippen LogP contribution >= 0.6 is 0 Å². The highest BCUT2D eigenvalue weighted by Gasteiger charge is 2.06. The molecule has 0 amide bonds. The summed E-state index contributed by atoms with van der Waals surface area (Å²) in [6.07, 6.45) is 0. The Morgan fingerprint density at radius 2 is 1.45 bits per heavy atom. The monoisotopic (exact) mass is 296 g/mol. The van der Waals surface area contributed by atoms with Gasteiger partial charge in [-0.25, -0.2) is 4.98 Å². The number of nitrogens with zero attached hydrogens (tertiary/aromatic N) is 1. The molecule has 0 aliphatic heterocycles. The first kappa shape index (κ1) is 17.6. The van der Waals surface area contributed by atoms with Crippen molar-refractivity contribution in [3.05, 3.63) is 64.4 Å². The third-order valence-electron chi connectivity index (χ3n) is 3.01. The number of fused-ring (bicyclic) bond motifs is 1. The number of aryl methyl sites for hydroxylation is 1. The van der Waals surface area contributed by atoms with Crippen LogP contribution in [0.3, 0.4) is 0 Å². The Hall–Kier alpha value is -2.42. The fourth-order valence-corrected chi connectivity index (χ4v) is 2.05. The third kappa shape index (κ3) is 3.82. The van der Waals surface area contributed by atoms with Crippen molar-refractivity contribution in [2.45, 2.75) is 34.6 Å². The summed E-state index contributed by atoms with van der Waals surface area (Å²) in [7, 11) is 0. The molecule has 3 nitrogen and oxygen atoms in total. The molecule has 0 fully saturated rings. The van der Waals surface area contributed by atoms with Crippen LogP contribution < -0.4 is 5.56 Å². The van der Waals surface area contributed by atoms with Crippen molar-refractivity contribution < 1.29 is 0 Å². The molecule has 0 unspecified atom stereocenters. The molecule has 3 rings (SSSR count). The van der Waals surface area contributed by atoms with Crippen molar-refractivity contribution in [2.24, 2.45) is 0 Å². The van der Waals surface area contributed by atoms with Gasteiger partial charge in [-0.05, 0) is 24.6 Å². The average molecular weight is 296 g/mol. The summed E-state index contributed by atoms with van der Waals surface area (Å²) in [5.74, 6) is 0.622. The molecule has 0 aliphatic carbocycles. The molecule has 0 radical (unpaired) electrons. The lowest BCUT2D eigenvalue weighted by Gasteiger charge is -2.05. The van der Waals surface area contributed by atoms with E-state index >= 15 is 0 Å². The van der Waals surface area contributed by atoms with Crippen LogP contribution in [0.1, 0.15) is 33.3 Å². The number of H-pyrrole nitrogens is 1. The van der Waals surface area contributed by atoms with Gasteiger partial charge in [0.15, 0.2) is 0 Å². The molecule has 0 saturated carbocycles. The minimum Gasteiger partial charge on any atom is -0.306 e. The van der Waals surface area contributed by atoms with E-state index in [2.05, 4.69) is 9.97 Å². The Morgan fingerprint density at radius 1 is 0.864 bits per heavy atom. The maximum atomic E-state index is 12.0. The molecule has 2 aromatic carbocycles. The summed E-state index contributed by atoms with van der Waals surface area (Å²) in [5.41, 5.74) is 2.68. The molecule has 0 spiro atoms. The Kier molecular flexibility index (Phi) is 7.03. The molecule has 1 aromatic heterocycles. The fourth-order valence-electron chi connectivity index (χ4n) is 2.05. The highest BCUT2D eigenvalue weighted by atomic mass is 16.1. The van der Waals surface area contributed by atoms with E-state index in [1.807, 2.05) is 77.1 Å². The van der Waals surface area contributed by atoms with E-state index in [1.54, 1.807) is 6.07 Å². The van der Waals surface area contributed by atoms with Crippen LogP contribution in [0, 0.1) is 6.92 Å². The van der Waals surface area contributed by atoms with Gasteiger partial charge in [0, 0.05) is 5.56 Å². The van der Waals surface area contributed by atoms with Crippen molar-refractivity contribution >= 4 is 10.9 Å². The smallest absolute Gasteiger partial charge is 0.259 e. The SMILES string of the molecule is CC.CC.Cc1ccccc1-c1nc2ccccc2c(=O)[nH]1. The molecular formula is C19H24N2O. The van der Waals surface area contributed by atoms with E-state index in [4.69, 9.17) is 0 Å². The van der Waals surface area contributed by atoms with Crippen LogP contribution in [-0.2, 0) is 0 Å². The lowest BCUT2D eigenvalue weighted by molar-refractivity contribution is 1.17. The van der Waals surface area contributed by atoms with Gasteiger partial charge in [0.2, 0.25) is 0 Å². The number of para-hydroxylation sites is 1. The van der Waals surface area contributed by atoms with Gasteiger partial charge in [0.25, 0.3) is 5.56 Å². The summed E-state index contributed by atoms with van der Waals surface area (Å²) in [5, 5.41) is 0.620. The van der Waals surface area contributed by atoms with Crippen molar-refractivity contribution in [2.75, 3.05) is 0 Å². The topological polar surface area (TPSA) is 45.8 Å². The Balaban J connectivity index is 0.000000561. The van der Waals surface area contributed by atoms with Crippen molar-refractivity contribution in [3.63, 3.8) is 0 Å². The Labute approximate surface area is 132 Å². The molecule has 0 aliphatic rings. The van der Waals surface area contributed by atoms with Crippen molar-refractivity contribution in [3.8, 4) is 11.4 Å². The van der Waals surface area contributed by atoms with Gasteiger partial charge < -0.3 is 4.98 Å². The van der Waals surface area contributed by atoms with E-state index in [0.717, 1.165) is 16.6 Å². The van der Waals surface area contributed by atoms with E-state index < -0.39 is 0 Å². The molecule has 3 heteroatoms. The van der Waals surface area contributed by atoms with Crippen molar-refractivity contribution in [1.82, 2.24) is 9.97 Å². The van der Waals surface area contributed by atoms with Gasteiger partial charge >= 0.3 is 0 Å². The number of aromatic amines is 1. The quantitative estimate of drug-likeness (QED) is 0.690. The zero-order chi connectivity index (χ0) is 16.5. The van der Waals surface area contributed by atoms with E-state index in [1.165, 1.54) is 0 Å². The number of nitrogens with one attached hydrogen (secondary N) is 1. The summed E-state index contributed by atoms with van der Waals surface area (Å²) in [6, 6.07) is 15.2. The largest absolute Gasteiger partial charge is 0.306 e. The summed E-state index contributed by atoms with van der Waals surface area (Å²) >= 11 is 0. The van der Waals surface area contributed by atoms with E-state index in [0.29, 0.717) is 11.2 Å². The molecule has 116 valence electrons. The summed E-state index contributed by atoms with van der Waals surface area (Å²) in [4.78, 5) is 19.3. The Bertz CT molecular complexity index is 775. The zero-order valence-corrected chi connectivity index (χ0v) is 14.0. The average Bonchev–Trinajstić information content (AvgIpc) is 2.59. The predicted molar refractivity (Wildman–Crippen MR) is 95.2 cm³/mol. The summed E-state index contributed by atoms with van der Waals surface area (Å²) < 4.78 is 0. The van der Waals surface area contributed by atoms with Crippen LogP contribution in [0.4, 0.5) is 0 Å². The van der Waals surface area contributed by atoms with Crippen LogP contribution in [0.25, 0.3) is 22.3 Å². The molecular weight excluding hydrogens is 272 g/mol. The first-order valence-corrected chi connectivity index (χ1v) is 7.81. The van der Waals surface area contributed by atoms with E-state index in [9.17, 15) is 4.79 Å². The standard InChI is InChI=1S/C15H12N2O.2C2H6/c1-10-6-2-3-7-11(10)14-16-13-9-5-4-8-12(13)15(18)17-14;2*1-2/h2-9H,1H3,(H,16,17,18);2*1-2H3. The van der Waals surface area contributed by atoms with Crippen LogP contribution in [-0.4, -0.2) is 9.97 Å². The summed E-state index contributed by atoms with van der Waals surface area (Å²) in [6.45, 7) is 10.0. The van der Waals surface area contributed by atoms with Crippen molar-refractivity contribution in [1.29, 1.82) is 0 Å². The normalized spacial score (nSPS) is 9.32. The second-order valence-electron chi connectivity index (χ2n) is 4.25. The first-order valence-electron chi connectivity index (χ1n) is 7.81. The third-order valence-corrected chi connectivity index (χ3v) is 3.01. The minimum absolute atomic E-state index is 0.0983. The number of aromatic nitrogens is 2. The Morgan fingerprint density at radius 3 is 2.14 bits per heavy atom. The number of benzene rings is 2. The zero-order valence-electron chi connectivity index (χ0n) is 14.0. The lowest BCUT2D eigenvalue weighted by Crippen LogP contribution is -2.09. The van der Waals surface area contributed by atoms with Crippen LogP contribution in [0.15, 0.2) is 53.3 Å². The predicted octanol–water partition coefficient (Wildman–Crippen LogP) is 4.95. The minimum atomic E-state index is -0.0983. The second kappa shape index (κ2) is 8.78. The van der Waals surface area contributed by atoms with Gasteiger partial charge in [0.05, 0.1) is 10.9 Å². The highest BCUT2D eigenvalue weighted by Crippen LogP contribution is 2.19. The van der Waals surface area contributed by atoms with Gasteiger partial charge in [-0.2, -0.15) is 0 Å². The molecule has 0 saturated heterocycles. The fraction of sp³-hybridized carbons (Fsp3) is 0.263. The number of hydrogen-bond donors (Lipinski definition) is 1. The van der Waals surface area contributed by atoms with Gasteiger partial charge in [-0.3, -0.25) is 4.79 Å². The van der Waals surface area contributed by atoms with E-state index in [-0.39, 0.29) is 5.56 Å². The molecule has 1 heterocycles. The lowest BCUT2D eigenvalue weighted by atomic mass is 10.1. The van der Waals surface area contributed by atoms with Crippen LogP contribution in [0.5, 0.6) is 0 Å². The molecule has 22 heavy (non-hydrogen) atoms. The maximum absolute atomic E-state index is 12.0. The first-order chi connectivity index (χ1) is 10.8. The molecule has 0 atom stereocenters. The maximum Gasteiger partial charge on any atom is 0.259 e. The van der Waals surface area contributed by atoms with Gasteiger partial charge in [-0.1, -0.05) is 64.1 Å². The molecule has 3 aromatic rings. The second-order valence-corrected chi connectivity index (χ2v) is 4.25. The van der Waals surface area contributed by atoms with Gasteiger partial charge in [-0.15, -0.1) is 0 Å². The highest BCUT2D eigenvalue weighted by molar-refractivity contribution is 5.79. The molecule has 1 N–H and O–H groups in total. The van der Waals surface area contributed by atoms with Crippen LogP contribution in [0.2, 0.25) is 0 Å². The van der Waals surface area contributed by atoms with Gasteiger partial charge in [0.1, 0.15) is 5.82 Å². The number of hydrogen-bond acceptors (Lipinski definition) is 2. The molecule has 0 bridgehead atoms. The number of rotatable bonds is 1.